The molecule has 1 atom stereocenters. The summed E-state index contributed by atoms with van der Waals surface area (Å²) in [6, 6.07) is 2.11. The maximum atomic E-state index is 6.38. The SMILES string of the molecule is CCCNCc1ccnn1CC1CCC2(CCCC2)O1. The molecule has 0 aromatic carbocycles. The van der Waals surface area contributed by atoms with Crippen molar-refractivity contribution in [1.82, 2.24) is 15.1 Å². The van der Waals surface area contributed by atoms with E-state index in [0.29, 0.717) is 6.10 Å². The van der Waals surface area contributed by atoms with Crippen molar-refractivity contribution >= 4 is 0 Å². The number of nitrogens with one attached hydrogen (secondary N) is 1. The van der Waals surface area contributed by atoms with Crippen molar-refractivity contribution in [2.24, 2.45) is 0 Å². The number of aromatic nitrogens is 2. The van der Waals surface area contributed by atoms with Gasteiger partial charge in [0.15, 0.2) is 0 Å². The Labute approximate surface area is 121 Å². The average Bonchev–Trinajstić information content (AvgIpc) is 3.16. The molecule has 1 spiro atoms. The molecule has 0 radical (unpaired) electrons. The van der Waals surface area contributed by atoms with E-state index in [1.54, 1.807) is 0 Å². The van der Waals surface area contributed by atoms with Crippen molar-refractivity contribution in [3.63, 3.8) is 0 Å². The molecule has 0 amide bonds. The van der Waals surface area contributed by atoms with Gasteiger partial charge in [-0.25, -0.2) is 0 Å². The predicted molar refractivity (Wildman–Crippen MR) is 79.5 cm³/mol. The molecule has 1 unspecified atom stereocenters. The van der Waals surface area contributed by atoms with Gasteiger partial charge < -0.3 is 10.1 Å². The van der Waals surface area contributed by atoms with Gasteiger partial charge in [0.1, 0.15) is 0 Å². The van der Waals surface area contributed by atoms with Crippen LogP contribution in [0.5, 0.6) is 0 Å². The minimum Gasteiger partial charge on any atom is -0.370 e. The van der Waals surface area contributed by atoms with Gasteiger partial charge in [-0.1, -0.05) is 19.8 Å². The summed E-state index contributed by atoms with van der Waals surface area (Å²) in [4.78, 5) is 0. The highest BCUT2D eigenvalue weighted by atomic mass is 16.5. The lowest BCUT2D eigenvalue weighted by molar-refractivity contribution is -0.0431. The van der Waals surface area contributed by atoms with Gasteiger partial charge in [-0.05, 0) is 44.7 Å². The van der Waals surface area contributed by atoms with Gasteiger partial charge in [-0.3, -0.25) is 4.68 Å². The molecule has 1 saturated heterocycles. The number of hydrogen-bond acceptors (Lipinski definition) is 3. The monoisotopic (exact) mass is 277 g/mol. The first-order valence-electron chi connectivity index (χ1n) is 8.20. The van der Waals surface area contributed by atoms with Crippen LogP contribution in [0.1, 0.15) is 57.6 Å². The molecule has 4 nitrogen and oxygen atoms in total. The molecule has 1 N–H and O–H groups in total. The molecule has 1 saturated carbocycles. The number of nitrogens with zero attached hydrogens (tertiary/aromatic N) is 2. The van der Waals surface area contributed by atoms with Crippen LogP contribution in [0.2, 0.25) is 0 Å². The fourth-order valence-corrected chi connectivity index (χ4v) is 3.67. The van der Waals surface area contributed by atoms with E-state index in [2.05, 4.69) is 28.1 Å². The van der Waals surface area contributed by atoms with Crippen LogP contribution in [0.25, 0.3) is 0 Å². The second-order valence-electron chi connectivity index (χ2n) is 6.35. The van der Waals surface area contributed by atoms with E-state index < -0.39 is 0 Å². The Morgan fingerprint density at radius 3 is 3.05 bits per heavy atom. The van der Waals surface area contributed by atoms with Gasteiger partial charge in [0, 0.05) is 12.7 Å². The maximum Gasteiger partial charge on any atom is 0.0779 e. The smallest absolute Gasteiger partial charge is 0.0779 e. The van der Waals surface area contributed by atoms with Crippen LogP contribution in [-0.2, 0) is 17.8 Å². The summed E-state index contributed by atoms with van der Waals surface area (Å²) in [5.41, 5.74) is 1.51. The van der Waals surface area contributed by atoms with Crippen molar-refractivity contribution in [2.45, 2.75) is 76.7 Å². The first kappa shape index (κ1) is 14.1. The molecular weight excluding hydrogens is 250 g/mol. The van der Waals surface area contributed by atoms with Gasteiger partial charge in [-0.2, -0.15) is 5.10 Å². The van der Waals surface area contributed by atoms with Gasteiger partial charge in [0.25, 0.3) is 0 Å². The molecular formula is C16H27N3O. The van der Waals surface area contributed by atoms with Crippen molar-refractivity contribution in [1.29, 1.82) is 0 Å². The zero-order chi connectivity index (χ0) is 13.8. The Morgan fingerprint density at radius 1 is 1.40 bits per heavy atom. The molecule has 3 rings (SSSR count). The number of rotatable bonds is 6. The zero-order valence-corrected chi connectivity index (χ0v) is 12.6. The van der Waals surface area contributed by atoms with Crippen molar-refractivity contribution < 1.29 is 4.74 Å². The summed E-state index contributed by atoms with van der Waals surface area (Å²) in [6.45, 7) is 5.08. The number of hydrogen-bond donors (Lipinski definition) is 1. The van der Waals surface area contributed by atoms with Gasteiger partial charge >= 0.3 is 0 Å². The summed E-state index contributed by atoms with van der Waals surface area (Å²) in [5.74, 6) is 0. The molecule has 2 heterocycles. The Hall–Kier alpha value is -0.870. The van der Waals surface area contributed by atoms with E-state index in [-0.39, 0.29) is 5.60 Å². The molecule has 0 bridgehead atoms. The third-order valence-electron chi connectivity index (χ3n) is 4.77. The summed E-state index contributed by atoms with van der Waals surface area (Å²) in [5, 5.41) is 7.92. The van der Waals surface area contributed by atoms with Crippen molar-refractivity contribution in [3.05, 3.63) is 18.0 Å². The predicted octanol–water partition coefficient (Wildman–Crippen LogP) is 2.87. The molecule has 2 aliphatic rings. The highest BCUT2D eigenvalue weighted by Gasteiger charge is 2.42. The van der Waals surface area contributed by atoms with Crippen LogP contribution in [0, 0.1) is 0 Å². The largest absolute Gasteiger partial charge is 0.370 e. The Balaban J connectivity index is 1.54. The van der Waals surface area contributed by atoms with Crippen molar-refractivity contribution in [3.8, 4) is 0 Å². The van der Waals surface area contributed by atoms with Crippen LogP contribution in [0.15, 0.2) is 12.3 Å². The third-order valence-corrected chi connectivity index (χ3v) is 4.77. The van der Waals surface area contributed by atoms with Crippen LogP contribution in [-0.4, -0.2) is 28.0 Å². The Morgan fingerprint density at radius 2 is 2.25 bits per heavy atom. The molecule has 1 aliphatic carbocycles. The lowest BCUT2D eigenvalue weighted by Crippen LogP contribution is -2.27. The minimum atomic E-state index is 0.235. The third kappa shape index (κ3) is 3.07. The topological polar surface area (TPSA) is 39.1 Å². The fourth-order valence-electron chi connectivity index (χ4n) is 3.67. The highest BCUT2D eigenvalue weighted by molar-refractivity contribution is 5.01. The molecule has 1 aliphatic heterocycles. The van der Waals surface area contributed by atoms with Crippen LogP contribution >= 0.6 is 0 Å². The van der Waals surface area contributed by atoms with Crippen molar-refractivity contribution in [2.75, 3.05) is 6.54 Å². The van der Waals surface area contributed by atoms with Gasteiger partial charge in [-0.15, -0.1) is 0 Å². The van der Waals surface area contributed by atoms with E-state index >= 15 is 0 Å². The molecule has 2 fully saturated rings. The molecule has 1 aromatic rings. The summed E-state index contributed by atoms with van der Waals surface area (Å²) < 4.78 is 8.51. The molecule has 4 heteroatoms. The quantitative estimate of drug-likeness (QED) is 0.813. The van der Waals surface area contributed by atoms with Crippen LogP contribution in [0.3, 0.4) is 0 Å². The zero-order valence-electron chi connectivity index (χ0n) is 12.6. The summed E-state index contributed by atoms with van der Waals surface area (Å²) in [6.07, 6.45) is 11.1. The van der Waals surface area contributed by atoms with Gasteiger partial charge in [0.05, 0.1) is 23.9 Å². The summed E-state index contributed by atoms with van der Waals surface area (Å²) >= 11 is 0. The second-order valence-corrected chi connectivity index (χ2v) is 6.35. The highest BCUT2D eigenvalue weighted by Crippen LogP contribution is 2.43. The van der Waals surface area contributed by atoms with Gasteiger partial charge in [0.2, 0.25) is 0 Å². The van der Waals surface area contributed by atoms with Crippen LogP contribution in [0.4, 0.5) is 0 Å². The van der Waals surface area contributed by atoms with E-state index in [1.165, 1.54) is 50.6 Å². The van der Waals surface area contributed by atoms with Crippen LogP contribution < -0.4 is 5.32 Å². The van der Waals surface area contributed by atoms with E-state index in [9.17, 15) is 0 Å². The van der Waals surface area contributed by atoms with E-state index in [1.807, 2.05) is 6.20 Å². The molecule has 1 aromatic heterocycles. The minimum absolute atomic E-state index is 0.235. The standard InChI is InChI=1S/C16H27N3O/c1-2-10-17-12-14-6-11-18-19(14)13-15-5-9-16(20-15)7-3-4-8-16/h6,11,15,17H,2-5,7-10,12-13H2,1H3. The van der Waals surface area contributed by atoms with E-state index in [4.69, 9.17) is 4.74 Å². The summed E-state index contributed by atoms with van der Waals surface area (Å²) in [7, 11) is 0. The fraction of sp³-hybridized carbons (Fsp3) is 0.812. The Bertz CT molecular complexity index is 423. The molecule has 20 heavy (non-hydrogen) atoms. The number of ether oxygens (including phenoxy) is 1. The first-order chi connectivity index (χ1) is 9.81. The Kier molecular flexibility index (Phi) is 4.41. The second kappa shape index (κ2) is 6.27. The first-order valence-corrected chi connectivity index (χ1v) is 8.20. The maximum absolute atomic E-state index is 6.38. The molecule has 112 valence electrons. The normalized spacial score (nSPS) is 24.8. The average molecular weight is 277 g/mol. The lowest BCUT2D eigenvalue weighted by atomic mass is 9.98. The van der Waals surface area contributed by atoms with E-state index in [0.717, 1.165) is 19.6 Å². The lowest BCUT2D eigenvalue weighted by Gasteiger charge is -2.24.